The van der Waals surface area contributed by atoms with Crippen molar-refractivity contribution in [3.63, 3.8) is 0 Å². The minimum Gasteiger partial charge on any atom is -0.378 e. The average Bonchev–Trinajstić information content (AvgIpc) is 3.29. The van der Waals surface area contributed by atoms with Gasteiger partial charge in [0, 0.05) is 39.8 Å². The summed E-state index contributed by atoms with van der Waals surface area (Å²) in [6, 6.07) is -0.313. The summed E-state index contributed by atoms with van der Waals surface area (Å²) in [4.78, 5) is 30.9. The lowest BCUT2D eigenvalue weighted by Crippen LogP contribution is -2.49. The number of rotatable bonds is 6. The Kier molecular flexibility index (Phi) is 9.07. The first-order valence-electron chi connectivity index (χ1n) is 9.82. The monoisotopic (exact) mass is 493 g/mol. The molecule has 8 nitrogen and oxygen atoms in total. The number of amides is 3. The molecule has 3 aliphatic rings. The molecule has 0 spiro atoms. The fourth-order valence-electron chi connectivity index (χ4n) is 3.98. The Morgan fingerprint density at radius 3 is 2.52 bits per heavy atom. The first-order chi connectivity index (χ1) is 12.7. The van der Waals surface area contributed by atoms with Gasteiger partial charge in [-0.3, -0.25) is 14.7 Å². The molecule has 3 amide bonds. The van der Waals surface area contributed by atoms with E-state index in [1.165, 1.54) is 30.6 Å². The number of nitrogens with zero attached hydrogens (tertiary/aromatic N) is 3. The van der Waals surface area contributed by atoms with Crippen molar-refractivity contribution in [2.24, 2.45) is 10.9 Å². The minimum absolute atomic E-state index is 0. The molecule has 0 unspecified atom stereocenters. The number of carbonyl (C=O) groups excluding carboxylic acids is 2. The molecule has 0 atom stereocenters. The molecule has 1 saturated carbocycles. The maximum absolute atomic E-state index is 11.6. The topological polar surface area (TPSA) is 86.3 Å². The number of nitrogens with one attached hydrogen (secondary N) is 2. The first-order valence-corrected chi connectivity index (χ1v) is 9.82. The zero-order valence-electron chi connectivity index (χ0n) is 16.1. The Bertz CT molecular complexity index is 515. The molecular formula is C18H32IN5O3. The minimum atomic E-state index is -0.313. The molecule has 0 aromatic heterocycles. The molecule has 9 heteroatoms. The Hall–Kier alpha value is -1.10. The van der Waals surface area contributed by atoms with Crippen molar-refractivity contribution in [1.29, 1.82) is 0 Å². The second kappa shape index (κ2) is 11.0. The molecule has 2 aliphatic heterocycles. The van der Waals surface area contributed by atoms with Gasteiger partial charge in [-0.25, -0.2) is 4.79 Å². The van der Waals surface area contributed by atoms with Gasteiger partial charge in [0.05, 0.1) is 12.6 Å². The van der Waals surface area contributed by atoms with E-state index in [0.29, 0.717) is 19.2 Å². The lowest BCUT2D eigenvalue weighted by atomic mass is 10.1. The zero-order chi connectivity index (χ0) is 18.4. The summed E-state index contributed by atoms with van der Waals surface area (Å²) >= 11 is 0. The van der Waals surface area contributed by atoms with E-state index in [2.05, 4.69) is 20.5 Å². The number of urea groups is 1. The van der Waals surface area contributed by atoms with Gasteiger partial charge in [-0.1, -0.05) is 12.8 Å². The molecule has 2 N–H and O–H groups in total. The molecule has 0 aromatic rings. The van der Waals surface area contributed by atoms with Gasteiger partial charge in [-0.15, -0.1) is 24.0 Å². The van der Waals surface area contributed by atoms with Crippen molar-refractivity contribution in [3.05, 3.63) is 0 Å². The molecule has 154 valence electrons. The summed E-state index contributed by atoms with van der Waals surface area (Å²) in [7, 11) is 1.76. The summed E-state index contributed by atoms with van der Waals surface area (Å²) < 4.78 is 6.13. The summed E-state index contributed by atoms with van der Waals surface area (Å²) in [5, 5.41) is 5.79. The van der Waals surface area contributed by atoms with E-state index in [4.69, 9.17) is 4.74 Å². The van der Waals surface area contributed by atoms with Gasteiger partial charge in [0.15, 0.2) is 5.96 Å². The molecule has 0 bridgehead atoms. The molecule has 0 aromatic carbocycles. The Morgan fingerprint density at radius 2 is 1.93 bits per heavy atom. The van der Waals surface area contributed by atoms with Crippen LogP contribution in [0.2, 0.25) is 0 Å². The number of likely N-dealkylation sites (tertiary alicyclic amines) is 1. The Labute approximate surface area is 178 Å². The zero-order valence-corrected chi connectivity index (χ0v) is 18.4. The van der Waals surface area contributed by atoms with Gasteiger partial charge in [0.25, 0.3) is 0 Å². The SMILES string of the molecule is CN=C(NCCN1C(=O)CNC1=O)N1CCC(OCC2CCCC2)CC1.I. The third-order valence-corrected chi connectivity index (χ3v) is 5.55. The van der Waals surface area contributed by atoms with Crippen LogP contribution in [0.25, 0.3) is 0 Å². The maximum Gasteiger partial charge on any atom is 0.324 e. The number of hydrogen-bond donors (Lipinski definition) is 2. The molecule has 27 heavy (non-hydrogen) atoms. The van der Waals surface area contributed by atoms with Crippen LogP contribution in [0.5, 0.6) is 0 Å². The molecule has 2 heterocycles. The normalized spacial score (nSPS) is 22.2. The predicted molar refractivity (Wildman–Crippen MR) is 114 cm³/mol. The standard InChI is InChI=1S/C18H31N5O3.HI/c1-19-17(20-8-11-23-16(24)12-21-18(23)25)22-9-6-15(7-10-22)26-13-14-4-2-3-5-14;/h14-15H,2-13H2,1H3,(H,19,20)(H,21,25);1H. The average molecular weight is 493 g/mol. The number of carbonyl (C=O) groups is 2. The molecule has 3 fully saturated rings. The molecular weight excluding hydrogens is 461 g/mol. The van der Waals surface area contributed by atoms with Crippen molar-refractivity contribution < 1.29 is 14.3 Å². The van der Waals surface area contributed by atoms with Crippen LogP contribution in [0.1, 0.15) is 38.5 Å². The highest BCUT2D eigenvalue weighted by Crippen LogP contribution is 2.26. The molecule has 1 aliphatic carbocycles. The lowest BCUT2D eigenvalue weighted by molar-refractivity contribution is -0.124. The highest BCUT2D eigenvalue weighted by Gasteiger charge is 2.28. The maximum atomic E-state index is 11.6. The van der Waals surface area contributed by atoms with E-state index >= 15 is 0 Å². The fraction of sp³-hybridized carbons (Fsp3) is 0.833. The molecule has 0 radical (unpaired) electrons. The number of halogens is 1. The second-order valence-corrected chi connectivity index (χ2v) is 7.35. The van der Waals surface area contributed by atoms with Gasteiger partial charge in [-0.2, -0.15) is 0 Å². The van der Waals surface area contributed by atoms with Crippen LogP contribution in [0.3, 0.4) is 0 Å². The van der Waals surface area contributed by atoms with Crippen molar-refractivity contribution in [3.8, 4) is 0 Å². The highest BCUT2D eigenvalue weighted by atomic mass is 127. The predicted octanol–water partition coefficient (Wildman–Crippen LogP) is 1.40. The van der Waals surface area contributed by atoms with Gasteiger partial charge < -0.3 is 20.3 Å². The first kappa shape index (κ1) is 22.2. The van der Waals surface area contributed by atoms with E-state index in [-0.39, 0.29) is 42.5 Å². The van der Waals surface area contributed by atoms with Crippen molar-refractivity contribution in [2.45, 2.75) is 44.6 Å². The van der Waals surface area contributed by atoms with E-state index in [1.807, 2.05) is 0 Å². The molecule has 3 rings (SSSR count). The summed E-state index contributed by atoms with van der Waals surface area (Å²) in [6.07, 6.45) is 7.76. The summed E-state index contributed by atoms with van der Waals surface area (Å²) in [6.45, 7) is 3.70. The number of piperidine rings is 1. The Morgan fingerprint density at radius 1 is 1.22 bits per heavy atom. The van der Waals surface area contributed by atoms with E-state index in [9.17, 15) is 9.59 Å². The van der Waals surface area contributed by atoms with Gasteiger partial charge in [0.1, 0.15) is 0 Å². The largest absolute Gasteiger partial charge is 0.378 e. The van der Waals surface area contributed by atoms with E-state index < -0.39 is 0 Å². The van der Waals surface area contributed by atoms with Crippen LogP contribution in [-0.4, -0.2) is 80.2 Å². The van der Waals surface area contributed by atoms with Gasteiger partial charge in [0.2, 0.25) is 5.91 Å². The quantitative estimate of drug-likeness (QED) is 0.253. The smallest absolute Gasteiger partial charge is 0.324 e. The van der Waals surface area contributed by atoms with E-state index in [0.717, 1.165) is 44.4 Å². The van der Waals surface area contributed by atoms with Crippen molar-refractivity contribution >= 4 is 41.9 Å². The summed E-state index contributed by atoms with van der Waals surface area (Å²) in [5.74, 6) is 1.42. The number of ether oxygens (including phenoxy) is 1. The third kappa shape index (κ3) is 6.20. The van der Waals surface area contributed by atoms with Crippen LogP contribution < -0.4 is 10.6 Å². The lowest BCUT2D eigenvalue weighted by Gasteiger charge is -2.34. The Balaban J connectivity index is 0.00000261. The number of imide groups is 1. The molecule has 2 saturated heterocycles. The number of guanidine groups is 1. The third-order valence-electron chi connectivity index (χ3n) is 5.55. The van der Waals surface area contributed by atoms with Crippen LogP contribution in [0, 0.1) is 5.92 Å². The van der Waals surface area contributed by atoms with E-state index in [1.54, 1.807) is 7.05 Å². The van der Waals surface area contributed by atoms with Gasteiger partial charge >= 0.3 is 6.03 Å². The van der Waals surface area contributed by atoms with Crippen molar-refractivity contribution in [1.82, 2.24) is 20.4 Å². The van der Waals surface area contributed by atoms with Crippen LogP contribution in [0.4, 0.5) is 4.79 Å². The second-order valence-electron chi connectivity index (χ2n) is 7.35. The number of hydrogen-bond acceptors (Lipinski definition) is 4. The van der Waals surface area contributed by atoms with Crippen LogP contribution in [-0.2, 0) is 9.53 Å². The summed E-state index contributed by atoms with van der Waals surface area (Å²) in [5.41, 5.74) is 0. The fourth-order valence-corrected chi connectivity index (χ4v) is 3.98. The van der Waals surface area contributed by atoms with Crippen LogP contribution in [0.15, 0.2) is 4.99 Å². The van der Waals surface area contributed by atoms with Crippen molar-refractivity contribution in [2.75, 3.05) is 46.4 Å². The number of aliphatic imine (C=N–C) groups is 1. The highest BCUT2D eigenvalue weighted by molar-refractivity contribution is 14.0. The van der Waals surface area contributed by atoms with Crippen LogP contribution >= 0.6 is 24.0 Å². The van der Waals surface area contributed by atoms with Gasteiger partial charge in [-0.05, 0) is 31.6 Å².